The van der Waals surface area contributed by atoms with Crippen LogP contribution in [0.3, 0.4) is 0 Å². The van der Waals surface area contributed by atoms with Gasteiger partial charge in [0.05, 0.1) is 18.3 Å². The zero-order chi connectivity index (χ0) is 31.4. The lowest BCUT2D eigenvalue weighted by atomic mass is 9.84. The molecule has 2 fully saturated rings. The number of benzene rings is 3. The van der Waals surface area contributed by atoms with Crippen molar-refractivity contribution in [1.29, 1.82) is 0 Å². The molecular formula is C34H37N5O5S. The molecule has 4 aromatic rings. The highest BCUT2D eigenvalue weighted by molar-refractivity contribution is 7.93. The lowest BCUT2D eigenvalue weighted by Gasteiger charge is -2.35. The molecule has 45 heavy (non-hydrogen) atoms. The van der Waals surface area contributed by atoms with Crippen LogP contribution in [0.25, 0.3) is 10.9 Å². The van der Waals surface area contributed by atoms with Gasteiger partial charge in [0.15, 0.2) is 0 Å². The van der Waals surface area contributed by atoms with E-state index in [0.29, 0.717) is 60.3 Å². The van der Waals surface area contributed by atoms with Crippen molar-refractivity contribution in [2.24, 2.45) is 0 Å². The minimum Gasteiger partial charge on any atom is -0.495 e. The van der Waals surface area contributed by atoms with Crippen LogP contribution >= 0.6 is 0 Å². The highest BCUT2D eigenvalue weighted by atomic mass is 32.2. The summed E-state index contributed by atoms with van der Waals surface area (Å²) in [4.78, 5) is 34.0. The van der Waals surface area contributed by atoms with E-state index in [1.807, 2.05) is 12.1 Å². The molecule has 1 aliphatic heterocycles. The molecule has 0 bridgehead atoms. The Morgan fingerprint density at radius 2 is 1.58 bits per heavy atom. The molecule has 234 valence electrons. The number of amides is 3. The molecule has 1 aromatic heterocycles. The third-order valence-corrected chi connectivity index (χ3v) is 10.1. The number of rotatable bonds is 7. The molecule has 2 aliphatic rings. The normalized spacial score (nSPS) is 15.9. The predicted octanol–water partition coefficient (Wildman–Crippen LogP) is 6.08. The Morgan fingerprint density at radius 1 is 0.867 bits per heavy atom. The monoisotopic (exact) mass is 627 g/mol. The molecule has 3 amide bonds. The second kappa shape index (κ2) is 13.2. The summed E-state index contributed by atoms with van der Waals surface area (Å²) in [5.41, 5.74) is 3.05. The number of aromatic nitrogens is 1. The molecule has 0 spiro atoms. The van der Waals surface area contributed by atoms with E-state index in [4.69, 9.17) is 4.74 Å². The Bertz CT molecular complexity index is 1790. The van der Waals surface area contributed by atoms with E-state index >= 15 is 0 Å². The van der Waals surface area contributed by atoms with Crippen LogP contribution in [0.15, 0.2) is 83.9 Å². The van der Waals surface area contributed by atoms with Gasteiger partial charge in [0.25, 0.3) is 15.9 Å². The SMILES string of the molecule is COc1cc(C2CCCCC2)ccc1NC(=O)N1CCN(C(=O)c2ccc(NS(=O)(=O)c3cccc4cccnc34)cc2)CC1. The standard InChI is InChI=1S/C34H37N5O5S/c1-44-30-23-27(24-7-3-2-4-8-24)14-17-29(30)36-34(41)39-21-19-38(20-22-39)33(40)26-12-15-28(16-13-26)37-45(42,43)31-11-5-9-25-10-6-18-35-32(25)31/h5-6,9-18,23-24,37H,2-4,7-8,19-22H2,1H3,(H,36,41). The van der Waals surface area contributed by atoms with E-state index < -0.39 is 10.0 Å². The van der Waals surface area contributed by atoms with Gasteiger partial charge in [0.1, 0.15) is 10.6 Å². The van der Waals surface area contributed by atoms with E-state index in [2.05, 4.69) is 21.1 Å². The van der Waals surface area contributed by atoms with Crippen LogP contribution in [0.2, 0.25) is 0 Å². The van der Waals surface area contributed by atoms with Crippen LogP contribution in [0, 0.1) is 0 Å². The number of para-hydroxylation sites is 1. The predicted molar refractivity (Wildman–Crippen MR) is 174 cm³/mol. The number of hydrogen-bond donors (Lipinski definition) is 2. The fourth-order valence-electron chi connectivity index (χ4n) is 6.17. The van der Waals surface area contributed by atoms with Crippen molar-refractivity contribution in [2.75, 3.05) is 43.3 Å². The van der Waals surface area contributed by atoms with Gasteiger partial charge in [-0.05, 0) is 72.9 Å². The van der Waals surface area contributed by atoms with Gasteiger partial charge < -0.3 is 19.9 Å². The third-order valence-electron chi connectivity index (χ3n) is 8.67. The fraction of sp³-hybridized carbons (Fsp3) is 0.324. The number of piperazine rings is 1. The van der Waals surface area contributed by atoms with Crippen LogP contribution < -0.4 is 14.8 Å². The molecule has 0 unspecified atom stereocenters. The number of nitrogens with one attached hydrogen (secondary N) is 2. The van der Waals surface area contributed by atoms with Crippen molar-refractivity contribution < 1.29 is 22.7 Å². The van der Waals surface area contributed by atoms with Gasteiger partial charge in [0.2, 0.25) is 0 Å². The molecule has 1 aliphatic carbocycles. The van der Waals surface area contributed by atoms with Gasteiger partial charge in [-0.2, -0.15) is 0 Å². The second-order valence-corrected chi connectivity index (χ2v) is 13.2. The quantitative estimate of drug-likeness (QED) is 0.256. The smallest absolute Gasteiger partial charge is 0.322 e. The van der Waals surface area contributed by atoms with Crippen LogP contribution in [0.4, 0.5) is 16.2 Å². The summed E-state index contributed by atoms with van der Waals surface area (Å²) in [7, 11) is -2.29. The summed E-state index contributed by atoms with van der Waals surface area (Å²) in [5.74, 6) is 1.01. The maximum absolute atomic E-state index is 13.2. The van der Waals surface area contributed by atoms with Gasteiger partial charge >= 0.3 is 6.03 Å². The molecule has 1 saturated heterocycles. The summed E-state index contributed by atoms with van der Waals surface area (Å²) < 4.78 is 34.5. The third kappa shape index (κ3) is 6.73. The molecular weight excluding hydrogens is 590 g/mol. The lowest BCUT2D eigenvalue weighted by Crippen LogP contribution is -2.51. The molecule has 2 N–H and O–H groups in total. The van der Waals surface area contributed by atoms with Crippen LogP contribution in [0.5, 0.6) is 5.75 Å². The Hall–Kier alpha value is -4.64. The average molecular weight is 628 g/mol. The number of urea groups is 1. The number of anilines is 2. The van der Waals surface area contributed by atoms with Crippen molar-refractivity contribution in [3.05, 3.63) is 90.1 Å². The first-order valence-corrected chi connectivity index (χ1v) is 16.8. The van der Waals surface area contributed by atoms with Crippen molar-refractivity contribution in [2.45, 2.75) is 42.9 Å². The number of sulfonamides is 1. The first-order chi connectivity index (χ1) is 21.8. The number of carbonyl (C=O) groups excluding carboxylic acids is 2. The number of hydrogen-bond acceptors (Lipinski definition) is 6. The van der Waals surface area contributed by atoms with Gasteiger partial charge in [-0.1, -0.05) is 43.5 Å². The molecule has 6 rings (SSSR count). The zero-order valence-corrected chi connectivity index (χ0v) is 26.1. The molecule has 10 nitrogen and oxygen atoms in total. The molecule has 3 aromatic carbocycles. The lowest BCUT2D eigenvalue weighted by molar-refractivity contribution is 0.0671. The number of nitrogens with zero attached hydrogens (tertiary/aromatic N) is 3. The highest BCUT2D eigenvalue weighted by Crippen LogP contribution is 2.36. The van der Waals surface area contributed by atoms with E-state index in [0.717, 1.165) is 5.39 Å². The molecule has 1 saturated carbocycles. The Labute approximate surface area is 263 Å². The van der Waals surface area contributed by atoms with E-state index in [1.165, 1.54) is 43.7 Å². The van der Waals surface area contributed by atoms with Crippen LogP contribution in [-0.2, 0) is 10.0 Å². The molecule has 2 heterocycles. The Kier molecular flexibility index (Phi) is 8.88. The summed E-state index contributed by atoms with van der Waals surface area (Å²) in [6, 6.07) is 20.7. The molecule has 11 heteroatoms. The Balaban J connectivity index is 1.04. The second-order valence-electron chi connectivity index (χ2n) is 11.5. The van der Waals surface area contributed by atoms with Gasteiger partial charge in [-0.25, -0.2) is 13.2 Å². The van der Waals surface area contributed by atoms with E-state index in [9.17, 15) is 18.0 Å². The summed E-state index contributed by atoms with van der Waals surface area (Å²) in [6.45, 7) is 1.53. The molecule has 0 radical (unpaired) electrons. The topological polar surface area (TPSA) is 121 Å². The molecule has 0 atom stereocenters. The number of methoxy groups -OCH3 is 1. The van der Waals surface area contributed by atoms with Crippen LogP contribution in [0.1, 0.15) is 53.9 Å². The van der Waals surface area contributed by atoms with Gasteiger partial charge in [-0.15, -0.1) is 0 Å². The van der Waals surface area contributed by atoms with Crippen LogP contribution in [-0.4, -0.2) is 68.4 Å². The number of fused-ring (bicyclic) bond motifs is 1. The maximum Gasteiger partial charge on any atom is 0.322 e. The maximum atomic E-state index is 13.2. The fourth-order valence-corrected chi connectivity index (χ4v) is 7.41. The average Bonchev–Trinajstić information content (AvgIpc) is 3.08. The largest absolute Gasteiger partial charge is 0.495 e. The Morgan fingerprint density at radius 3 is 2.31 bits per heavy atom. The number of ether oxygens (including phenoxy) is 1. The summed E-state index contributed by atoms with van der Waals surface area (Å²) in [5, 5.41) is 3.71. The van der Waals surface area contributed by atoms with E-state index in [1.54, 1.807) is 71.6 Å². The van der Waals surface area contributed by atoms with Gasteiger partial charge in [0, 0.05) is 49.0 Å². The first-order valence-electron chi connectivity index (χ1n) is 15.3. The zero-order valence-electron chi connectivity index (χ0n) is 25.2. The minimum absolute atomic E-state index is 0.0811. The van der Waals surface area contributed by atoms with E-state index in [-0.39, 0.29) is 16.8 Å². The van der Waals surface area contributed by atoms with Crippen molar-refractivity contribution in [3.8, 4) is 5.75 Å². The highest BCUT2D eigenvalue weighted by Gasteiger charge is 2.26. The summed E-state index contributed by atoms with van der Waals surface area (Å²) >= 11 is 0. The minimum atomic E-state index is -3.90. The van der Waals surface area contributed by atoms with Gasteiger partial charge in [-0.3, -0.25) is 14.5 Å². The number of pyridine rings is 1. The number of carbonyl (C=O) groups is 2. The van der Waals surface area contributed by atoms with Crippen molar-refractivity contribution in [3.63, 3.8) is 0 Å². The van der Waals surface area contributed by atoms with Crippen molar-refractivity contribution in [1.82, 2.24) is 14.8 Å². The van der Waals surface area contributed by atoms with Crippen molar-refractivity contribution >= 4 is 44.2 Å². The summed E-state index contributed by atoms with van der Waals surface area (Å²) in [6.07, 6.45) is 7.72. The first kappa shape index (κ1) is 30.4.